The second-order valence-electron chi connectivity index (χ2n) is 5.30. The zero-order chi connectivity index (χ0) is 17.4. The fourth-order valence-electron chi connectivity index (χ4n) is 2.78. The average Bonchev–Trinajstić information content (AvgIpc) is 3.24. The Morgan fingerprint density at radius 2 is 2.24 bits per heavy atom. The third kappa shape index (κ3) is 2.79. The molecule has 0 atom stereocenters. The smallest absolute Gasteiger partial charge is 0.387 e. The van der Waals surface area contributed by atoms with Crippen molar-refractivity contribution in [3.05, 3.63) is 41.6 Å². The van der Waals surface area contributed by atoms with E-state index in [1.165, 1.54) is 16.8 Å². The second kappa shape index (κ2) is 6.11. The third-order valence-electron chi connectivity index (χ3n) is 3.88. The number of fused-ring (bicyclic) bond motifs is 2. The number of rotatable bonds is 5. The summed E-state index contributed by atoms with van der Waals surface area (Å²) in [6.07, 6.45) is 3.05. The van der Waals surface area contributed by atoms with Crippen LogP contribution in [-0.2, 0) is 13.0 Å². The summed E-state index contributed by atoms with van der Waals surface area (Å²) in [5.74, 6) is 0.395. The normalized spacial score (nSPS) is 13.1. The van der Waals surface area contributed by atoms with Crippen LogP contribution in [0, 0.1) is 5.82 Å². The van der Waals surface area contributed by atoms with Gasteiger partial charge in [0.1, 0.15) is 17.9 Å². The predicted molar refractivity (Wildman–Crippen MR) is 80.3 cm³/mol. The number of alkyl halides is 2. The van der Waals surface area contributed by atoms with Crippen LogP contribution in [0.1, 0.15) is 11.1 Å². The van der Waals surface area contributed by atoms with Gasteiger partial charge in [-0.25, -0.2) is 13.8 Å². The minimum atomic E-state index is -3.00. The summed E-state index contributed by atoms with van der Waals surface area (Å²) in [6, 6.07) is 2.95. The Bertz CT molecular complexity index is 931. The van der Waals surface area contributed by atoms with Gasteiger partial charge in [-0.05, 0) is 12.1 Å². The monoisotopic (exact) mass is 351 g/mol. The summed E-state index contributed by atoms with van der Waals surface area (Å²) in [5.41, 5.74) is 1.37. The molecule has 0 aliphatic carbocycles. The Kier molecular flexibility index (Phi) is 3.79. The first kappa shape index (κ1) is 15.5. The first-order valence-corrected chi connectivity index (χ1v) is 7.44. The van der Waals surface area contributed by atoms with E-state index in [-0.39, 0.29) is 29.7 Å². The van der Waals surface area contributed by atoms with Crippen molar-refractivity contribution in [3.63, 3.8) is 0 Å². The molecule has 4 rings (SSSR count). The fourth-order valence-corrected chi connectivity index (χ4v) is 2.78. The van der Waals surface area contributed by atoms with Crippen LogP contribution in [0.15, 0.2) is 24.7 Å². The van der Waals surface area contributed by atoms with E-state index in [9.17, 15) is 13.2 Å². The van der Waals surface area contributed by atoms with Gasteiger partial charge in [0.05, 0.1) is 12.8 Å². The van der Waals surface area contributed by atoms with Gasteiger partial charge >= 0.3 is 6.61 Å². The maximum atomic E-state index is 14.2. The highest BCUT2D eigenvalue weighted by atomic mass is 19.3. The maximum Gasteiger partial charge on any atom is 0.387 e. The van der Waals surface area contributed by atoms with Gasteiger partial charge in [-0.1, -0.05) is 0 Å². The molecule has 25 heavy (non-hydrogen) atoms. The second-order valence-corrected chi connectivity index (χ2v) is 5.30. The van der Waals surface area contributed by atoms with Crippen molar-refractivity contribution < 1.29 is 22.6 Å². The van der Waals surface area contributed by atoms with E-state index in [1.54, 1.807) is 6.07 Å². The van der Waals surface area contributed by atoms with Gasteiger partial charge in [-0.2, -0.15) is 8.78 Å². The summed E-state index contributed by atoms with van der Waals surface area (Å²) < 4.78 is 50.1. The molecule has 130 valence electrons. The highest BCUT2D eigenvalue weighted by Gasteiger charge is 2.20. The van der Waals surface area contributed by atoms with Gasteiger partial charge in [-0.15, -0.1) is 10.2 Å². The molecule has 10 heteroatoms. The number of ether oxygens (including phenoxy) is 2. The number of halogens is 3. The lowest BCUT2D eigenvalue weighted by atomic mass is 10.0. The molecule has 0 bridgehead atoms. The number of anilines is 1. The first-order valence-electron chi connectivity index (χ1n) is 7.44. The van der Waals surface area contributed by atoms with Crippen LogP contribution < -0.4 is 14.8 Å². The van der Waals surface area contributed by atoms with Gasteiger partial charge < -0.3 is 14.8 Å². The minimum Gasteiger partial charge on any atom is -0.493 e. The molecule has 7 nitrogen and oxygen atoms in total. The van der Waals surface area contributed by atoms with E-state index in [0.717, 1.165) is 11.8 Å². The lowest BCUT2D eigenvalue weighted by Gasteiger charge is -2.12. The molecule has 3 aromatic rings. The summed E-state index contributed by atoms with van der Waals surface area (Å²) in [4.78, 5) is 4.03. The molecule has 2 aromatic heterocycles. The number of hydrogen-bond donors (Lipinski definition) is 1. The molecule has 0 amide bonds. The number of benzene rings is 1. The van der Waals surface area contributed by atoms with Crippen LogP contribution in [-0.4, -0.2) is 32.8 Å². The standard InChI is InChI=1S/C15H12F3N5O2/c16-10-1-2-11-8(3-4-24-11)9(10)5-19-15-20-6-12(25-14(17)18)13-22-21-7-23(13)15/h1-2,6-7,14H,3-5H2,(H,19,20). The van der Waals surface area contributed by atoms with Crippen LogP contribution in [0.5, 0.6) is 11.5 Å². The summed E-state index contributed by atoms with van der Waals surface area (Å²) >= 11 is 0. The molecule has 0 fully saturated rings. The van der Waals surface area contributed by atoms with E-state index < -0.39 is 6.61 Å². The minimum absolute atomic E-state index is 0.0832. The van der Waals surface area contributed by atoms with E-state index in [0.29, 0.717) is 24.3 Å². The van der Waals surface area contributed by atoms with Gasteiger partial charge in [0, 0.05) is 24.1 Å². The molecule has 1 aliphatic heterocycles. The Morgan fingerprint density at radius 3 is 3.08 bits per heavy atom. The summed E-state index contributed by atoms with van der Waals surface area (Å²) in [7, 11) is 0. The van der Waals surface area contributed by atoms with Gasteiger partial charge in [0.2, 0.25) is 11.6 Å². The van der Waals surface area contributed by atoms with Crippen LogP contribution >= 0.6 is 0 Å². The van der Waals surface area contributed by atoms with Gasteiger partial charge in [0.15, 0.2) is 5.75 Å². The quantitative estimate of drug-likeness (QED) is 0.761. The molecule has 1 aliphatic rings. The molecule has 0 radical (unpaired) electrons. The van der Waals surface area contributed by atoms with Crippen molar-refractivity contribution >= 4 is 11.6 Å². The van der Waals surface area contributed by atoms with Crippen LogP contribution in [0.2, 0.25) is 0 Å². The first-order chi connectivity index (χ1) is 12.1. The van der Waals surface area contributed by atoms with Crippen molar-refractivity contribution in [2.45, 2.75) is 19.6 Å². The topological polar surface area (TPSA) is 73.6 Å². The lowest BCUT2D eigenvalue weighted by molar-refractivity contribution is -0.0493. The highest BCUT2D eigenvalue weighted by Crippen LogP contribution is 2.30. The van der Waals surface area contributed by atoms with E-state index in [2.05, 4.69) is 25.2 Å². The van der Waals surface area contributed by atoms with Crippen LogP contribution in [0.3, 0.4) is 0 Å². The zero-order valence-corrected chi connectivity index (χ0v) is 12.7. The molecular weight excluding hydrogens is 339 g/mol. The van der Waals surface area contributed by atoms with E-state index >= 15 is 0 Å². The SMILES string of the molecule is Fc1ccc2c(c1CNc1ncc(OC(F)F)c3nncn13)CCO2. The van der Waals surface area contributed by atoms with E-state index in [4.69, 9.17) is 4.74 Å². The highest BCUT2D eigenvalue weighted by molar-refractivity contribution is 5.56. The van der Waals surface area contributed by atoms with Crippen molar-refractivity contribution in [2.24, 2.45) is 0 Å². The van der Waals surface area contributed by atoms with Crippen molar-refractivity contribution in [1.29, 1.82) is 0 Å². The summed E-state index contributed by atoms with van der Waals surface area (Å²) in [5, 5.41) is 10.4. The molecule has 0 spiro atoms. The Morgan fingerprint density at radius 1 is 1.36 bits per heavy atom. The Labute approximate surface area is 139 Å². The number of nitrogens with one attached hydrogen (secondary N) is 1. The predicted octanol–water partition coefficient (Wildman–Crippen LogP) is 2.41. The van der Waals surface area contributed by atoms with Crippen molar-refractivity contribution in [1.82, 2.24) is 19.6 Å². The number of nitrogens with zero attached hydrogens (tertiary/aromatic N) is 4. The van der Waals surface area contributed by atoms with Crippen LogP contribution in [0.4, 0.5) is 19.1 Å². The molecule has 0 saturated carbocycles. The average molecular weight is 351 g/mol. The largest absolute Gasteiger partial charge is 0.493 e. The van der Waals surface area contributed by atoms with Crippen molar-refractivity contribution in [3.8, 4) is 11.5 Å². The molecule has 1 N–H and O–H groups in total. The maximum absolute atomic E-state index is 14.2. The van der Waals surface area contributed by atoms with Gasteiger partial charge in [-0.3, -0.25) is 0 Å². The Hall–Kier alpha value is -3.04. The molecule has 3 heterocycles. The van der Waals surface area contributed by atoms with Crippen molar-refractivity contribution in [2.75, 3.05) is 11.9 Å². The Balaban J connectivity index is 1.63. The molecule has 0 saturated heterocycles. The van der Waals surface area contributed by atoms with E-state index in [1.807, 2.05) is 0 Å². The summed E-state index contributed by atoms with van der Waals surface area (Å²) in [6.45, 7) is -2.34. The molecular formula is C15H12F3N5O2. The molecule has 0 unspecified atom stereocenters. The van der Waals surface area contributed by atoms with Gasteiger partial charge in [0.25, 0.3) is 0 Å². The third-order valence-corrected chi connectivity index (χ3v) is 3.88. The van der Waals surface area contributed by atoms with Crippen LogP contribution in [0.25, 0.3) is 5.65 Å². The number of hydrogen-bond acceptors (Lipinski definition) is 6. The molecule has 1 aromatic carbocycles. The fraction of sp³-hybridized carbons (Fsp3) is 0.267. The zero-order valence-electron chi connectivity index (χ0n) is 12.7. The lowest BCUT2D eigenvalue weighted by Crippen LogP contribution is -2.11. The number of aromatic nitrogens is 4.